The first-order valence-electron chi connectivity index (χ1n) is 7.89. The molecule has 1 N–H and O–H groups in total. The third-order valence-electron chi connectivity index (χ3n) is 4.15. The number of benzene rings is 1. The van der Waals surface area contributed by atoms with Crippen LogP contribution in [-0.4, -0.2) is 34.8 Å². The number of carbonyl (C=O) groups is 2. The highest BCUT2D eigenvalue weighted by Gasteiger charge is 2.27. The smallest absolute Gasteiger partial charge is 0.255 e. The van der Waals surface area contributed by atoms with E-state index < -0.39 is 0 Å². The highest BCUT2D eigenvalue weighted by molar-refractivity contribution is 9.10. The van der Waals surface area contributed by atoms with E-state index in [2.05, 4.69) is 26.2 Å². The van der Waals surface area contributed by atoms with Gasteiger partial charge in [-0.2, -0.15) is 0 Å². The number of likely N-dealkylation sites (tertiary alicyclic amines) is 1. The van der Waals surface area contributed by atoms with Gasteiger partial charge < -0.3 is 10.2 Å². The van der Waals surface area contributed by atoms with Crippen LogP contribution in [0.5, 0.6) is 0 Å². The molecule has 1 fully saturated rings. The summed E-state index contributed by atoms with van der Waals surface area (Å²) in [4.78, 5) is 30.5. The average Bonchev–Trinajstić information content (AvgIpc) is 2.62. The van der Waals surface area contributed by atoms with Crippen LogP contribution in [-0.2, 0) is 4.79 Å². The molecule has 24 heavy (non-hydrogen) atoms. The third-order valence-corrected chi connectivity index (χ3v) is 4.65. The van der Waals surface area contributed by atoms with Gasteiger partial charge in [-0.1, -0.05) is 22.0 Å². The standard InChI is InChI=1S/C18H18BrN3O2/c19-15-4-1-5-16(11-15)21-17(23)13-6-9-22(10-7-13)18(24)14-3-2-8-20-12-14/h1-5,8,11-13H,6-7,9-10H2,(H,21,23). The Hall–Kier alpha value is -2.21. The molecule has 5 nitrogen and oxygen atoms in total. The van der Waals surface area contributed by atoms with E-state index in [1.54, 1.807) is 29.4 Å². The summed E-state index contributed by atoms with van der Waals surface area (Å²) in [5.41, 5.74) is 1.37. The number of halogens is 1. The van der Waals surface area contributed by atoms with Gasteiger partial charge >= 0.3 is 0 Å². The van der Waals surface area contributed by atoms with Crippen molar-refractivity contribution in [3.05, 3.63) is 58.8 Å². The first-order chi connectivity index (χ1) is 11.6. The van der Waals surface area contributed by atoms with E-state index in [1.165, 1.54) is 0 Å². The molecule has 2 heterocycles. The van der Waals surface area contributed by atoms with Crippen molar-refractivity contribution < 1.29 is 9.59 Å². The Morgan fingerprint density at radius 3 is 2.62 bits per heavy atom. The Morgan fingerprint density at radius 2 is 1.96 bits per heavy atom. The second kappa shape index (κ2) is 7.57. The number of nitrogens with one attached hydrogen (secondary N) is 1. The van der Waals surface area contributed by atoms with Gasteiger partial charge in [-0.3, -0.25) is 14.6 Å². The summed E-state index contributed by atoms with van der Waals surface area (Å²) in [6, 6.07) is 11.1. The molecule has 3 rings (SSSR count). The summed E-state index contributed by atoms with van der Waals surface area (Å²) in [5, 5.41) is 2.95. The Morgan fingerprint density at radius 1 is 1.17 bits per heavy atom. The number of aromatic nitrogens is 1. The van der Waals surface area contributed by atoms with E-state index >= 15 is 0 Å². The van der Waals surface area contributed by atoms with Crippen molar-refractivity contribution in [2.75, 3.05) is 18.4 Å². The van der Waals surface area contributed by atoms with Crippen LogP contribution in [0.4, 0.5) is 5.69 Å². The van der Waals surface area contributed by atoms with Crippen molar-refractivity contribution in [1.29, 1.82) is 0 Å². The number of nitrogens with zero attached hydrogens (tertiary/aromatic N) is 2. The molecule has 0 unspecified atom stereocenters. The minimum Gasteiger partial charge on any atom is -0.339 e. The van der Waals surface area contributed by atoms with Crippen LogP contribution in [0.1, 0.15) is 23.2 Å². The first-order valence-corrected chi connectivity index (χ1v) is 8.68. The minimum atomic E-state index is -0.0677. The monoisotopic (exact) mass is 387 g/mol. The third kappa shape index (κ3) is 4.00. The molecule has 0 bridgehead atoms. The van der Waals surface area contributed by atoms with Gasteiger partial charge in [0.25, 0.3) is 5.91 Å². The lowest BCUT2D eigenvalue weighted by molar-refractivity contribution is -0.121. The zero-order valence-corrected chi connectivity index (χ0v) is 14.7. The summed E-state index contributed by atoms with van der Waals surface area (Å²) in [7, 11) is 0. The molecule has 0 atom stereocenters. The van der Waals surface area contributed by atoms with Crippen molar-refractivity contribution in [2.24, 2.45) is 5.92 Å². The van der Waals surface area contributed by atoms with E-state index in [4.69, 9.17) is 0 Å². The van der Waals surface area contributed by atoms with Crippen LogP contribution < -0.4 is 5.32 Å². The summed E-state index contributed by atoms with van der Waals surface area (Å²) < 4.78 is 0.928. The predicted octanol–water partition coefficient (Wildman–Crippen LogP) is 3.34. The molecule has 0 radical (unpaired) electrons. The second-order valence-corrected chi connectivity index (χ2v) is 6.72. The van der Waals surface area contributed by atoms with Gasteiger partial charge in [-0.25, -0.2) is 0 Å². The number of anilines is 1. The molecule has 0 spiro atoms. The number of hydrogen-bond donors (Lipinski definition) is 1. The second-order valence-electron chi connectivity index (χ2n) is 5.81. The molecule has 0 saturated carbocycles. The number of hydrogen-bond acceptors (Lipinski definition) is 3. The largest absolute Gasteiger partial charge is 0.339 e. The Labute approximate surface area is 149 Å². The molecule has 1 aromatic carbocycles. The lowest BCUT2D eigenvalue weighted by atomic mass is 9.95. The van der Waals surface area contributed by atoms with Gasteiger partial charge in [0, 0.05) is 41.6 Å². The molecule has 1 aliphatic heterocycles. The molecule has 1 saturated heterocycles. The van der Waals surface area contributed by atoms with Gasteiger partial charge in [0.1, 0.15) is 0 Å². The molecule has 6 heteroatoms. The maximum absolute atomic E-state index is 12.4. The SMILES string of the molecule is O=C(Nc1cccc(Br)c1)C1CCN(C(=O)c2cccnc2)CC1. The van der Waals surface area contributed by atoms with Crippen LogP contribution in [0.15, 0.2) is 53.3 Å². The van der Waals surface area contributed by atoms with Crippen LogP contribution in [0.2, 0.25) is 0 Å². The maximum Gasteiger partial charge on any atom is 0.255 e. The summed E-state index contributed by atoms with van der Waals surface area (Å²) >= 11 is 3.39. The van der Waals surface area contributed by atoms with Crippen LogP contribution in [0.3, 0.4) is 0 Å². The Balaban J connectivity index is 1.55. The molecule has 1 aromatic heterocycles. The summed E-state index contributed by atoms with van der Waals surface area (Å²) in [6.07, 6.45) is 4.57. The van der Waals surface area contributed by atoms with Crippen molar-refractivity contribution in [2.45, 2.75) is 12.8 Å². The fraction of sp³-hybridized carbons (Fsp3) is 0.278. The van der Waals surface area contributed by atoms with E-state index in [0.29, 0.717) is 31.5 Å². The van der Waals surface area contributed by atoms with Gasteiger partial charge in [0.05, 0.1) is 5.56 Å². The highest BCUT2D eigenvalue weighted by atomic mass is 79.9. The molecule has 0 aliphatic carbocycles. The molecule has 2 aromatic rings. The summed E-state index contributed by atoms with van der Waals surface area (Å²) in [5.74, 6) is -0.0718. The quantitative estimate of drug-likeness (QED) is 0.878. The predicted molar refractivity (Wildman–Crippen MR) is 95.6 cm³/mol. The van der Waals surface area contributed by atoms with Crippen LogP contribution in [0.25, 0.3) is 0 Å². The average molecular weight is 388 g/mol. The first kappa shape index (κ1) is 16.6. The molecule has 1 aliphatic rings. The maximum atomic E-state index is 12.4. The van der Waals surface area contributed by atoms with Crippen LogP contribution in [0, 0.1) is 5.92 Å². The number of pyridine rings is 1. The normalized spacial score (nSPS) is 15.1. The topological polar surface area (TPSA) is 62.3 Å². The molecule has 124 valence electrons. The highest BCUT2D eigenvalue weighted by Crippen LogP contribution is 2.22. The molecular weight excluding hydrogens is 370 g/mol. The van der Waals surface area contributed by atoms with Crippen molar-refractivity contribution in [3.63, 3.8) is 0 Å². The zero-order valence-electron chi connectivity index (χ0n) is 13.1. The van der Waals surface area contributed by atoms with E-state index in [-0.39, 0.29) is 17.7 Å². The number of rotatable bonds is 3. The van der Waals surface area contributed by atoms with Gasteiger partial charge in [0.2, 0.25) is 5.91 Å². The van der Waals surface area contributed by atoms with Gasteiger partial charge in [0.15, 0.2) is 0 Å². The zero-order chi connectivity index (χ0) is 16.9. The van der Waals surface area contributed by atoms with E-state index in [9.17, 15) is 9.59 Å². The lowest BCUT2D eigenvalue weighted by Crippen LogP contribution is -2.41. The Kier molecular flexibility index (Phi) is 5.25. The molecule has 2 amide bonds. The fourth-order valence-corrected chi connectivity index (χ4v) is 3.23. The number of amides is 2. The number of carbonyl (C=O) groups excluding carboxylic acids is 2. The Bertz CT molecular complexity index is 728. The minimum absolute atomic E-state index is 0.0153. The van der Waals surface area contributed by atoms with Crippen molar-refractivity contribution >= 4 is 33.4 Å². The van der Waals surface area contributed by atoms with E-state index in [1.807, 2.05) is 24.3 Å². The lowest BCUT2D eigenvalue weighted by Gasteiger charge is -2.31. The summed E-state index contributed by atoms with van der Waals surface area (Å²) in [6.45, 7) is 1.18. The number of piperidine rings is 1. The fourth-order valence-electron chi connectivity index (χ4n) is 2.83. The van der Waals surface area contributed by atoms with Crippen LogP contribution >= 0.6 is 15.9 Å². The van der Waals surface area contributed by atoms with Gasteiger partial charge in [-0.15, -0.1) is 0 Å². The van der Waals surface area contributed by atoms with E-state index in [0.717, 1.165) is 10.2 Å². The van der Waals surface area contributed by atoms with Crippen molar-refractivity contribution in [1.82, 2.24) is 9.88 Å². The van der Waals surface area contributed by atoms with Gasteiger partial charge in [-0.05, 0) is 43.2 Å². The molecular formula is C18H18BrN3O2. The van der Waals surface area contributed by atoms with Crippen molar-refractivity contribution in [3.8, 4) is 0 Å².